The number of rotatable bonds is 9. The van der Waals surface area contributed by atoms with Gasteiger partial charge in [-0.25, -0.2) is 8.78 Å². The lowest BCUT2D eigenvalue weighted by Gasteiger charge is -2.24. The third kappa shape index (κ3) is 4.81. The molecule has 0 spiro atoms. The average Bonchev–Trinajstić information content (AvgIpc) is 2.46. The van der Waals surface area contributed by atoms with Gasteiger partial charge in [0.2, 0.25) is 0 Å². The minimum Gasteiger partial charge on any atom is -0.396 e. The van der Waals surface area contributed by atoms with Gasteiger partial charge in [-0.15, -0.1) is 0 Å². The van der Waals surface area contributed by atoms with E-state index in [1.165, 1.54) is 6.07 Å². The summed E-state index contributed by atoms with van der Waals surface area (Å²) in [5.74, 6) is -1.58. The van der Waals surface area contributed by atoms with E-state index in [0.29, 0.717) is 12.0 Å². The molecule has 0 aliphatic rings. The number of aliphatic hydroxyl groups excluding tert-OH is 1. The van der Waals surface area contributed by atoms with Crippen molar-refractivity contribution in [3.63, 3.8) is 0 Å². The Morgan fingerprint density at radius 1 is 1.30 bits per heavy atom. The normalized spacial score (nSPS) is 12.9. The zero-order valence-corrected chi connectivity index (χ0v) is 12.2. The number of benzene rings is 1. The molecule has 0 aliphatic carbocycles. The van der Waals surface area contributed by atoms with Crippen molar-refractivity contribution in [1.29, 1.82) is 0 Å². The van der Waals surface area contributed by atoms with Crippen molar-refractivity contribution in [3.05, 3.63) is 35.4 Å². The first kappa shape index (κ1) is 17.0. The smallest absolute Gasteiger partial charge is 0.163 e. The van der Waals surface area contributed by atoms with Crippen LogP contribution in [0.15, 0.2) is 18.2 Å². The van der Waals surface area contributed by atoms with E-state index in [2.05, 4.69) is 17.1 Å². The highest BCUT2D eigenvalue weighted by Crippen LogP contribution is 2.22. The second kappa shape index (κ2) is 9.00. The van der Waals surface area contributed by atoms with E-state index in [0.717, 1.165) is 32.1 Å². The van der Waals surface area contributed by atoms with Crippen molar-refractivity contribution in [2.75, 3.05) is 33.3 Å². The van der Waals surface area contributed by atoms with Crippen LogP contribution in [-0.4, -0.2) is 43.3 Å². The first-order chi connectivity index (χ1) is 9.63. The molecule has 3 nitrogen and oxygen atoms in total. The van der Waals surface area contributed by atoms with E-state index in [1.54, 1.807) is 13.1 Å². The summed E-state index contributed by atoms with van der Waals surface area (Å²) < 4.78 is 27.1. The summed E-state index contributed by atoms with van der Waals surface area (Å²) >= 11 is 0. The second-order valence-electron chi connectivity index (χ2n) is 4.78. The number of hydrogen-bond acceptors (Lipinski definition) is 3. The molecule has 0 fully saturated rings. The fourth-order valence-electron chi connectivity index (χ4n) is 2.28. The van der Waals surface area contributed by atoms with Gasteiger partial charge in [-0.3, -0.25) is 0 Å². The van der Waals surface area contributed by atoms with Crippen LogP contribution in [0.3, 0.4) is 0 Å². The highest BCUT2D eigenvalue weighted by Gasteiger charge is 2.17. The lowest BCUT2D eigenvalue weighted by atomic mass is 10.0. The Morgan fingerprint density at radius 2 is 2.05 bits per heavy atom. The monoisotopic (exact) mass is 286 g/mol. The first-order valence-electron chi connectivity index (χ1n) is 7.08. The van der Waals surface area contributed by atoms with Crippen molar-refractivity contribution in [1.82, 2.24) is 10.2 Å². The standard InChI is InChI=1S/C15H24F2N2O/c1-3-19(9-5-11-20)10-8-14(18-2)12-6-4-7-13(16)15(12)17/h4,6-7,14,18,20H,3,5,8-11H2,1-2H3. The molecule has 0 aromatic heterocycles. The quantitative estimate of drug-likeness (QED) is 0.731. The van der Waals surface area contributed by atoms with Crippen molar-refractivity contribution in [2.24, 2.45) is 0 Å². The highest BCUT2D eigenvalue weighted by molar-refractivity contribution is 5.22. The summed E-state index contributed by atoms with van der Waals surface area (Å²) in [5.41, 5.74) is 0.366. The van der Waals surface area contributed by atoms with Gasteiger partial charge in [0.1, 0.15) is 0 Å². The Kier molecular flexibility index (Phi) is 7.65. The number of aliphatic hydroxyl groups is 1. The summed E-state index contributed by atoms with van der Waals surface area (Å²) in [4.78, 5) is 2.19. The van der Waals surface area contributed by atoms with Crippen molar-refractivity contribution in [3.8, 4) is 0 Å². The van der Waals surface area contributed by atoms with Crippen LogP contribution in [0.4, 0.5) is 8.78 Å². The lowest BCUT2D eigenvalue weighted by Crippen LogP contribution is -2.30. The van der Waals surface area contributed by atoms with E-state index in [9.17, 15) is 8.78 Å². The van der Waals surface area contributed by atoms with Crippen LogP contribution in [0.5, 0.6) is 0 Å². The molecule has 1 unspecified atom stereocenters. The maximum absolute atomic E-state index is 13.8. The first-order valence-corrected chi connectivity index (χ1v) is 7.08. The fourth-order valence-corrected chi connectivity index (χ4v) is 2.28. The van der Waals surface area contributed by atoms with Crippen LogP contribution in [-0.2, 0) is 0 Å². The largest absolute Gasteiger partial charge is 0.396 e. The predicted molar refractivity (Wildman–Crippen MR) is 76.6 cm³/mol. The van der Waals surface area contributed by atoms with Crippen LogP contribution in [0, 0.1) is 11.6 Å². The molecule has 0 radical (unpaired) electrons. The minimum absolute atomic E-state index is 0.171. The molecule has 0 bridgehead atoms. The molecular weight excluding hydrogens is 262 g/mol. The van der Waals surface area contributed by atoms with Crippen molar-refractivity contribution < 1.29 is 13.9 Å². The molecule has 1 rings (SSSR count). The Morgan fingerprint density at radius 3 is 2.65 bits per heavy atom. The number of nitrogens with zero attached hydrogens (tertiary/aromatic N) is 1. The molecule has 0 amide bonds. The Balaban J connectivity index is 2.65. The van der Waals surface area contributed by atoms with Crippen molar-refractivity contribution in [2.45, 2.75) is 25.8 Å². The maximum atomic E-state index is 13.8. The maximum Gasteiger partial charge on any atom is 0.163 e. The van der Waals surface area contributed by atoms with Crippen LogP contribution in [0.2, 0.25) is 0 Å². The third-order valence-electron chi connectivity index (χ3n) is 3.52. The van der Waals surface area contributed by atoms with Gasteiger partial charge in [-0.05, 0) is 39.0 Å². The van der Waals surface area contributed by atoms with E-state index >= 15 is 0 Å². The average molecular weight is 286 g/mol. The summed E-state index contributed by atoms with van der Waals surface area (Å²) in [7, 11) is 1.75. The molecule has 2 N–H and O–H groups in total. The van der Waals surface area contributed by atoms with Crippen LogP contribution < -0.4 is 5.32 Å². The van der Waals surface area contributed by atoms with Gasteiger partial charge in [-0.1, -0.05) is 19.1 Å². The molecule has 20 heavy (non-hydrogen) atoms. The van der Waals surface area contributed by atoms with Gasteiger partial charge in [0.25, 0.3) is 0 Å². The molecule has 0 aliphatic heterocycles. The van der Waals surface area contributed by atoms with Gasteiger partial charge in [-0.2, -0.15) is 0 Å². The topological polar surface area (TPSA) is 35.5 Å². The number of hydrogen-bond donors (Lipinski definition) is 2. The van der Waals surface area contributed by atoms with E-state index in [-0.39, 0.29) is 12.6 Å². The summed E-state index contributed by atoms with van der Waals surface area (Å²) in [6.45, 7) is 4.69. The van der Waals surface area contributed by atoms with E-state index in [1.807, 2.05) is 0 Å². The zero-order chi connectivity index (χ0) is 15.0. The summed E-state index contributed by atoms with van der Waals surface area (Å²) in [6, 6.07) is 4.06. The van der Waals surface area contributed by atoms with E-state index < -0.39 is 11.6 Å². The summed E-state index contributed by atoms with van der Waals surface area (Å²) in [6.07, 6.45) is 1.42. The van der Waals surface area contributed by atoms with Crippen LogP contribution >= 0.6 is 0 Å². The SMILES string of the molecule is CCN(CCCO)CCC(NC)c1cccc(F)c1F. The van der Waals surface area contributed by atoms with Gasteiger partial charge >= 0.3 is 0 Å². The molecule has 5 heteroatoms. The van der Waals surface area contributed by atoms with Crippen molar-refractivity contribution >= 4 is 0 Å². The number of nitrogens with one attached hydrogen (secondary N) is 1. The lowest BCUT2D eigenvalue weighted by molar-refractivity contribution is 0.223. The van der Waals surface area contributed by atoms with Gasteiger partial charge in [0.15, 0.2) is 11.6 Å². The van der Waals surface area contributed by atoms with E-state index in [4.69, 9.17) is 5.11 Å². The second-order valence-corrected chi connectivity index (χ2v) is 4.78. The minimum atomic E-state index is -0.810. The van der Waals surface area contributed by atoms with Crippen LogP contribution in [0.1, 0.15) is 31.4 Å². The number of halogens is 2. The molecule has 1 aromatic carbocycles. The molecule has 114 valence electrons. The summed E-state index contributed by atoms with van der Waals surface area (Å²) in [5, 5.41) is 11.9. The van der Waals surface area contributed by atoms with Crippen LogP contribution in [0.25, 0.3) is 0 Å². The highest BCUT2D eigenvalue weighted by atomic mass is 19.2. The predicted octanol–water partition coefficient (Wildman–Crippen LogP) is 2.32. The van der Waals surface area contributed by atoms with Gasteiger partial charge in [0, 0.05) is 24.8 Å². The van der Waals surface area contributed by atoms with Gasteiger partial charge < -0.3 is 15.3 Å². The molecule has 0 saturated heterocycles. The zero-order valence-electron chi connectivity index (χ0n) is 12.2. The molecule has 0 saturated carbocycles. The Bertz CT molecular complexity index is 401. The molecular formula is C15H24F2N2O. The Hall–Kier alpha value is -1.04. The fraction of sp³-hybridized carbons (Fsp3) is 0.600. The molecule has 1 atom stereocenters. The third-order valence-corrected chi connectivity index (χ3v) is 3.52. The Labute approximate surface area is 119 Å². The molecule has 1 aromatic rings. The van der Waals surface area contributed by atoms with Gasteiger partial charge in [0.05, 0.1) is 0 Å². The molecule has 0 heterocycles.